The van der Waals surface area contributed by atoms with E-state index in [0.29, 0.717) is 16.8 Å². The first-order valence-electron chi connectivity index (χ1n) is 9.82. The first-order chi connectivity index (χ1) is 14.0. The molecule has 2 amide bonds. The number of nitrogens with one attached hydrogen (secondary N) is 3. The first kappa shape index (κ1) is 22.0. The van der Waals surface area contributed by atoms with Crippen LogP contribution in [0.1, 0.15) is 59.9 Å². The summed E-state index contributed by atoms with van der Waals surface area (Å²) in [6, 6.07) is 11.4. The third-order valence-corrected chi connectivity index (χ3v) is 6.29. The molecular weight excluding hydrogens is 402 g/mol. The number of benzene rings is 2. The zero-order valence-corrected chi connectivity index (χ0v) is 18.4. The molecular formula is C22H27N3O4S. The van der Waals surface area contributed by atoms with E-state index in [-0.39, 0.29) is 22.4 Å². The molecule has 0 spiro atoms. The van der Waals surface area contributed by atoms with Crippen LogP contribution in [0.25, 0.3) is 0 Å². The maximum absolute atomic E-state index is 13.0. The lowest BCUT2D eigenvalue weighted by Crippen LogP contribution is -2.40. The molecule has 0 bridgehead atoms. The monoisotopic (exact) mass is 429 g/mol. The molecule has 0 unspecified atom stereocenters. The highest BCUT2D eigenvalue weighted by atomic mass is 32.2. The second-order valence-corrected chi connectivity index (χ2v) is 10.3. The topological polar surface area (TPSA) is 104 Å². The van der Waals surface area contributed by atoms with Crippen LogP contribution in [0.2, 0.25) is 0 Å². The second-order valence-electron chi connectivity index (χ2n) is 8.58. The van der Waals surface area contributed by atoms with Gasteiger partial charge in [0, 0.05) is 17.1 Å². The minimum atomic E-state index is -3.79. The summed E-state index contributed by atoms with van der Waals surface area (Å²) in [5, 5.41) is 5.66. The largest absolute Gasteiger partial charge is 0.349 e. The van der Waals surface area contributed by atoms with Crippen molar-refractivity contribution in [3.8, 4) is 0 Å². The van der Waals surface area contributed by atoms with Gasteiger partial charge in [-0.2, -0.15) is 0 Å². The zero-order chi connectivity index (χ0) is 22.1. The van der Waals surface area contributed by atoms with Crippen LogP contribution < -0.4 is 15.4 Å². The van der Waals surface area contributed by atoms with Crippen LogP contribution in [-0.2, 0) is 10.0 Å². The number of sulfonamides is 1. The number of amides is 2. The van der Waals surface area contributed by atoms with Crippen LogP contribution in [0.3, 0.4) is 0 Å². The quantitative estimate of drug-likeness (QED) is 0.656. The predicted molar refractivity (Wildman–Crippen MR) is 116 cm³/mol. The average molecular weight is 430 g/mol. The molecule has 0 heterocycles. The summed E-state index contributed by atoms with van der Waals surface area (Å²) in [6.07, 6.45) is 1.92. The highest BCUT2D eigenvalue weighted by molar-refractivity contribution is 7.89. The lowest BCUT2D eigenvalue weighted by Gasteiger charge is -2.21. The Morgan fingerprint density at radius 1 is 0.967 bits per heavy atom. The molecule has 0 aliphatic heterocycles. The standard InChI is InChI=1S/C22H27N3O4S/c1-14-9-12-16(30(28,29)25-22(2,3)4)13-18(14)21(27)24-19-8-6-5-7-17(19)20(26)23-15-10-11-15/h5-9,12-13,15,25H,10-11H2,1-4H3,(H,23,26)(H,24,27). The number of carbonyl (C=O) groups is 2. The van der Waals surface area contributed by atoms with E-state index < -0.39 is 21.5 Å². The van der Waals surface area contributed by atoms with Crippen molar-refractivity contribution in [2.75, 3.05) is 5.32 Å². The molecule has 1 aliphatic rings. The second kappa shape index (κ2) is 8.20. The molecule has 0 atom stereocenters. The van der Waals surface area contributed by atoms with Crippen molar-refractivity contribution in [1.82, 2.24) is 10.0 Å². The molecule has 8 heteroatoms. The number of hydrogen-bond donors (Lipinski definition) is 3. The van der Waals surface area contributed by atoms with Crippen molar-refractivity contribution < 1.29 is 18.0 Å². The summed E-state index contributed by atoms with van der Waals surface area (Å²) in [4.78, 5) is 25.4. The van der Waals surface area contributed by atoms with Gasteiger partial charge in [0.25, 0.3) is 11.8 Å². The fraction of sp³-hybridized carbons (Fsp3) is 0.364. The van der Waals surface area contributed by atoms with Gasteiger partial charge in [0.2, 0.25) is 10.0 Å². The highest BCUT2D eigenvalue weighted by Gasteiger charge is 2.26. The fourth-order valence-corrected chi connectivity index (χ4v) is 4.39. The molecule has 160 valence electrons. The number of hydrogen-bond acceptors (Lipinski definition) is 4. The van der Waals surface area contributed by atoms with Crippen molar-refractivity contribution in [3.05, 3.63) is 59.2 Å². The Labute approximate surface area is 177 Å². The molecule has 3 N–H and O–H groups in total. The molecule has 1 aliphatic carbocycles. The number of anilines is 1. The molecule has 0 saturated heterocycles. The molecule has 7 nitrogen and oxygen atoms in total. The van der Waals surface area contributed by atoms with Gasteiger partial charge in [-0.05, 0) is 70.4 Å². The first-order valence-corrected chi connectivity index (χ1v) is 11.3. The molecule has 1 saturated carbocycles. The highest BCUT2D eigenvalue weighted by Crippen LogP contribution is 2.23. The smallest absolute Gasteiger partial charge is 0.255 e. The van der Waals surface area contributed by atoms with E-state index >= 15 is 0 Å². The summed E-state index contributed by atoms with van der Waals surface area (Å²) in [7, 11) is -3.79. The molecule has 0 radical (unpaired) electrons. The molecule has 1 fully saturated rings. The van der Waals surface area contributed by atoms with Gasteiger partial charge >= 0.3 is 0 Å². The Hall–Kier alpha value is -2.71. The van der Waals surface area contributed by atoms with Gasteiger partial charge in [0.15, 0.2) is 0 Å². The maximum Gasteiger partial charge on any atom is 0.255 e. The Bertz CT molecular complexity index is 1080. The van der Waals surface area contributed by atoms with E-state index in [1.165, 1.54) is 12.1 Å². The van der Waals surface area contributed by atoms with Crippen molar-refractivity contribution in [2.24, 2.45) is 0 Å². The Morgan fingerprint density at radius 2 is 1.63 bits per heavy atom. The van der Waals surface area contributed by atoms with E-state index in [1.54, 1.807) is 58.0 Å². The minimum Gasteiger partial charge on any atom is -0.349 e. The normalized spacial score (nSPS) is 14.3. The van der Waals surface area contributed by atoms with Gasteiger partial charge in [-0.1, -0.05) is 18.2 Å². The molecule has 30 heavy (non-hydrogen) atoms. The van der Waals surface area contributed by atoms with E-state index in [1.807, 2.05) is 0 Å². The average Bonchev–Trinajstić information content (AvgIpc) is 3.44. The van der Waals surface area contributed by atoms with Crippen LogP contribution in [0.15, 0.2) is 47.4 Å². The third-order valence-electron chi connectivity index (χ3n) is 4.54. The van der Waals surface area contributed by atoms with Crippen molar-refractivity contribution >= 4 is 27.5 Å². The van der Waals surface area contributed by atoms with E-state index in [4.69, 9.17) is 0 Å². The van der Waals surface area contributed by atoms with E-state index in [2.05, 4.69) is 15.4 Å². The number of aryl methyl sites for hydroxylation is 1. The van der Waals surface area contributed by atoms with E-state index in [0.717, 1.165) is 12.8 Å². The zero-order valence-electron chi connectivity index (χ0n) is 17.6. The molecule has 2 aromatic rings. The van der Waals surface area contributed by atoms with Crippen molar-refractivity contribution in [3.63, 3.8) is 0 Å². The van der Waals surface area contributed by atoms with Crippen LogP contribution >= 0.6 is 0 Å². The number of rotatable bonds is 6. The van der Waals surface area contributed by atoms with Gasteiger partial charge in [-0.15, -0.1) is 0 Å². The van der Waals surface area contributed by atoms with Gasteiger partial charge in [-0.3, -0.25) is 9.59 Å². The van der Waals surface area contributed by atoms with Crippen molar-refractivity contribution in [1.29, 1.82) is 0 Å². The van der Waals surface area contributed by atoms with Crippen molar-refractivity contribution in [2.45, 2.75) is 57.0 Å². The van der Waals surface area contributed by atoms with Crippen LogP contribution in [0.5, 0.6) is 0 Å². The van der Waals surface area contributed by atoms with Gasteiger partial charge in [0.05, 0.1) is 16.1 Å². The molecule has 2 aromatic carbocycles. The summed E-state index contributed by atoms with van der Waals surface area (Å²) in [5.74, 6) is -0.720. The fourth-order valence-electron chi connectivity index (χ4n) is 2.95. The Kier molecular flexibility index (Phi) is 6.01. The summed E-state index contributed by atoms with van der Waals surface area (Å²) in [6.45, 7) is 6.97. The Morgan fingerprint density at radius 3 is 2.27 bits per heavy atom. The number of para-hydroxylation sites is 1. The molecule has 3 rings (SSSR count). The van der Waals surface area contributed by atoms with Gasteiger partial charge in [0.1, 0.15) is 0 Å². The number of carbonyl (C=O) groups excluding carboxylic acids is 2. The lowest BCUT2D eigenvalue weighted by atomic mass is 10.1. The SMILES string of the molecule is Cc1ccc(S(=O)(=O)NC(C)(C)C)cc1C(=O)Nc1ccccc1C(=O)NC1CC1. The van der Waals surface area contributed by atoms with Gasteiger partial charge in [-0.25, -0.2) is 13.1 Å². The van der Waals surface area contributed by atoms with Crippen LogP contribution in [0.4, 0.5) is 5.69 Å². The third kappa shape index (κ3) is 5.46. The predicted octanol–water partition coefficient (Wildman–Crippen LogP) is 3.22. The lowest BCUT2D eigenvalue weighted by molar-refractivity contribution is 0.0952. The summed E-state index contributed by atoms with van der Waals surface area (Å²) >= 11 is 0. The van der Waals surface area contributed by atoms with E-state index in [9.17, 15) is 18.0 Å². The summed E-state index contributed by atoms with van der Waals surface area (Å²) < 4.78 is 27.9. The molecule has 0 aromatic heterocycles. The minimum absolute atomic E-state index is 0.00735. The van der Waals surface area contributed by atoms with Gasteiger partial charge < -0.3 is 10.6 Å². The maximum atomic E-state index is 13.0. The summed E-state index contributed by atoms with van der Waals surface area (Å²) in [5.41, 5.74) is 0.945. The Balaban J connectivity index is 1.87. The van der Waals surface area contributed by atoms with Crippen LogP contribution in [-0.4, -0.2) is 31.8 Å². The van der Waals surface area contributed by atoms with Crippen LogP contribution in [0, 0.1) is 6.92 Å².